The number of hydrogen-bond donors (Lipinski definition) is 3. The fourth-order valence-corrected chi connectivity index (χ4v) is 1.36. The second-order valence-electron chi connectivity index (χ2n) is 3.06. The molecule has 82 valence electrons. The van der Waals surface area contributed by atoms with Gasteiger partial charge in [0.2, 0.25) is 5.91 Å². The van der Waals surface area contributed by atoms with Crippen molar-refractivity contribution in [2.45, 2.75) is 6.04 Å². The summed E-state index contributed by atoms with van der Waals surface area (Å²) in [6, 6.07) is 4.09. The first kappa shape index (κ1) is 11.3. The van der Waals surface area contributed by atoms with Crippen molar-refractivity contribution in [3.8, 4) is 11.5 Å². The second-order valence-corrected chi connectivity index (χ2v) is 3.06. The van der Waals surface area contributed by atoms with Gasteiger partial charge >= 0.3 is 0 Å². The minimum Gasteiger partial charge on any atom is -0.504 e. The van der Waals surface area contributed by atoms with E-state index in [1.165, 1.54) is 13.2 Å². The fraction of sp³-hybridized carbons (Fsp3) is 0.300. The van der Waals surface area contributed by atoms with Crippen molar-refractivity contribution < 1.29 is 14.6 Å². The van der Waals surface area contributed by atoms with Crippen LogP contribution in [0.1, 0.15) is 11.6 Å². The van der Waals surface area contributed by atoms with E-state index in [9.17, 15) is 9.90 Å². The van der Waals surface area contributed by atoms with Crippen molar-refractivity contribution in [1.29, 1.82) is 0 Å². The maximum atomic E-state index is 11.0. The Bertz CT molecular complexity index is 366. The quantitative estimate of drug-likeness (QED) is 0.660. The number of nitrogens with one attached hydrogen (secondary N) is 1. The van der Waals surface area contributed by atoms with Gasteiger partial charge in [-0.1, -0.05) is 6.07 Å². The van der Waals surface area contributed by atoms with Crippen LogP contribution in [0.5, 0.6) is 11.5 Å². The monoisotopic (exact) mass is 210 g/mol. The molecule has 5 nitrogen and oxygen atoms in total. The van der Waals surface area contributed by atoms with E-state index in [0.717, 1.165) is 0 Å². The molecule has 0 aliphatic heterocycles. The number of aromatic hydroxyl groups is 1. The third kappa shape index (κ3) is 2.38. The summed E-state index contributed by atoms with van der Waals surface area (Å²) < 4.78 is 4.89. The number of primary amides is 1. The summed E-state index contributed by atoms with van der Waals surface area (Å²) in [6.07, 6.45) is 0. The lowest BCUT2D eigenvalue weighted by Gasteiger charge is -2.13. The SMILES string of the molecule is CNC(C(N)=O)c1ccc(OC)c(O)c1. The van der Waals surface area contributed by atoms with Gasteiger partial charge in [0.1, 0.15) is 6.04 Å². The van der Waals surface area contributed by atoms with Gasteiger partial charge in [0, 0.05) is 0 Å². The number of benzene rings is 1. The predicted molar refractivity (Wildman–Crippen MR) is 55.7 cm³/mol. The Hall–Kier alpha value is -1.75. The van der Waals surface area contributed by atoms with Gasteiger partial charge < -0.3 is 20.9 Å². The van der Waals surface area contributed by atoms with Gasteiger partial charge in [0.05, 0.1) is 7.11 Å². The van der Waals surface area contributed by atoms with Gasteiger partial charge in [0.25, 0.3) is 0 Å². The molecule has 0 aliphatic rings. The molecule has 0 saturated heterocycles. The van der Waals surface area contributed by atoms with Crippen molar-refractivity contribution in [1.82, 2.24) is 5.32 Å². The lowest BCUT2D eigenvalue weighted by Crippen LogP contribution is -2.31. The molecule has 1 rings (SSSR count). The van der Waals surface area contributed by atoms with Crippen LogP contribution in [0.3, 0.4) is 0 Å². The molecule has 0 aromatic heterocycles. The fourth-order valence-electron chi connectivity index (χ4n) is 1.36. The first-order valence-corrected chi connectivity index (χ1v) is 4.43. The van der Waals surface area contributed by atoms with Crippen molar-refractivity contribution in [2.75, 3.05) is 14.2 Å². The number of rotatable bonds is 4. The van der Waals surface area contributed by atoms with Gasteiger partial charge in [-0.2, -0.15) is 0 Å². The standard InChI is InChI=1S/C10H14N2O3/c1-12-9(10(11)14)6-3-4-8(15-2)7(13)5-6/h3-5,9,12-13H,1-2H3,(H2,11,14). The minimum absolute atomic E-state index is 0.0171. The third-order valence-electron chi connectivity index (χ3n) is 2.11. The van der Waals surface area contributed by atoms with E-state index in [1.54, 1.807) is 19.2 Å². The van der Waals surface area contributed by atoms with Crippen LogP contribution in [0, 0.1) is 0 Å². The summed E-state index contributed by atoms with van der Waals surface area (Å²) in [5.41, 5.74) is 5.79. The average Bonchev–Trinajstić information content (AvgIpc) is 2.18. The zero-order chi connectivity index (χ0) is 11.4. The predicted octanol–water partition coefficient (Wildman–Crippen LogP) is 0.147. The highest BCUT2D eigenvalue weighted by Crippen LogP contribution is 2.28. The summed E-state index contributed by atoms with van der Waals surface area (Å²) in [5, 5.41) is 12.3. The summed E-state index contributed by atoms with van der Waals surface area (Å²) in [6.45, 7) is 0. The van der Waals surface area contributed by atoms with Gasteiger partial charge in [-0.25, -0.2) is 0 Å². The number of carbonyl (C=O) groups is 1. The molecular weight excluding hydrogens is 196 g/mol. The number of carbonyl (C=O) groups excluding carboxylic acids is 1. The number of ether oxygens (including phenoxy) is 1. The van der Waals surface area contributed by atoms with Crippen LogP contribution in [0.15, 0.2) is 18.2 Å². The first-order chi connectivity index (χ1) is 7.10. The molecule has 4 N–H and O–H groups in total. The topological polar surface area (TPSA) is 84.6 Å². The summed E-state index contributed by atoms with van der Waals surface area (Å²) in [5.74, 6) is -0.156. The van der Waals surface area contributed by atoms with Crippen LogP contribution in [-0.4, -0.2) is 25.2 Å². The van der Waals surface area contributed by atoms with E-state index in [2.05, 4.69) is 5.32 Å². The lowest BCUT2D eigenvalue weighted by molar-refractivity contribution is -0.120. The third-order valence-corrected chi connectivity index (χ3v) is 2.11. The highest BCUT2D eigenvalue weighted by atomic mass is 16.5. The van der Waals surface area contributed by atoms with E-state index in [-0.39, 0.29) is 5.75 Å². The molecule has 0 heterocycles. The molecular formula is C10H14N2O3. The number of hydrogen-bond acceptors (Lipinski definition) is 4. The summed E-state index contributed by atoms with van der Waals surface area (Å²) >= 11 is 0. The maximum absolute atomic E-state index is 11.0. The van der Waals surface area contributed by atoms with E-state index >= 15 is 0 Å². The Morgan fingerprint density at radius 2 is 2.27 bits per heavy atom. The highest BCUT2D eigenvalue weighted by Gasteiger charge is 2.16. The number of nitrogens with two attached hydrogens (primary N) is 1. The van der Waals surface area contributed by atoms with Gasteiger partial charge in [-0.05, 0) is 24.7 Å². The van der Waals surface area contributed by atoms with Crippen LogP contribution in [0.4, 0.5) is 0 Å². The van der Waals surface area contributed by atoms with E-state index in [0.29, 0.717) is 11.3 Å². The van der Waals surface area contributed by atoms with E-state index in [1.807, 2.05) is 0 Å². The molecule has 1 aromatic rings. The number of methoxy groups -OCH3 is 1. The summed E-state index contributed by atoms with van der Waals surface area (Å²) in [7, 11) is 3.08. The van der Waals surface area contributed by atoms with Crippen molar-refractivity contribution in [3.05, 3.63) is 23.8 Å². The number of amides is 1. The molecule has 0 spiro atoms. The van der Waals surface area contributed by atoms with Crippen LogP contribution in [0.2, 0.25) is 0 Å². The molecule has 1 unspecified atom stereocenters. The molecule has 1 atom stereocenters. The second kappa shape index (κ2) is 4.65. The molecule has 0 fully saturated rings. The molecule has 0 aliphatic carbocycles. The van der Waals surface area contributed by atoms with Gasteiger partial charge in [-0.3, -0.25) is 4.79 Å². The van der Waals surface area contributed by atoms with Crippen molar-refractivity contribution in [3.63, 3.8) is 0 Å². The Morgan fingerprint density at radius 1 is 1.60 bits per heavy atom. The van der Waals surface area contributed by atoms with Crippen LogP contribution in [-0.2, 0) is 4.79 Å². The molecule has 5 heteroatoms. The average molecular weight is 210 g/mol. The van der Waals surface area contributed by atoms with Crippen LogP contribution in [0.25, 0.3) is 0 Å². The van der Waals surface area contributed by atoms with Crippen molar-refractivity contribution in [2.24, 2.45) is 5.73 Å². The molecule has 15 heavy (non-hydrogen) atoms. The van der Waals surface area contributed by atoms with Crippen LogP contribution >= 0.6 is 0 Å². The molecule has 0 radical (unpaired) electrons. The minimum atomic E-state index is -0.609. The largest absolute Gasteiger partial charge is 0.504 e. The Morgan fingerprint density at radius 3 is 2.67 bits per heavy atom. The first-order valence-electron chi connectivity index (χ1n) is 4.43. The zero-order valence-electron chi connectivity index (χ0n) is 8.65. The Kier molecular flexibility index (Phi) is 3.51. The zero-order valence-corrected chi connectivity index (χ0v) is 8.65. The van der Waals surface area contributed by atoms with Crippen molar-refractivity contribution >= 4 is 5.91 Å². The number of likely N-dealkylation sites (N-methyl/N-ethyl adjacent to an activating group) is 1. The Balaban J connectivity index is 3.05. The molecule has 1 amide bonds. The van der Waals surface area contributed by atoms with E-state index in [4.69, 9.17) is 10.5 Å². The normalized spacial score (nSPS) is 12.1. The number of phenols is 1. The maximum Gasteiger partial charge on any atom is 0.239 e. The molecule has 1 aromatic carbocycles. The van der Waals surface area contributed by atoms with Crippen LogP contribution < -0.4 is 15.8 Å². The van der Waals surface area contributed by atoms with E-state index < -0.39 is 11.9 Å². The molecule has 0 saturated carbocycles. The van der Waals surface area contributed by atoms with Gasteiger partial charge in [0.15, 0.2) is 11.5 Å². The number of phenolic OH excluding ortho intramolecular Hbond substituents is 1. The Labute approximate surface area is 87.9 Å². The summed E-state index contributed by atoms with van der Waals surface area (Å²) in [4.78, 5) is 11.0. The lowest BCUT2D eigenvalue weighted by atomic mass is 10.1. The molecule has 0 bridgehead atoms. The van der Waals surface area contributed by atoms with Gasteiger partial charge in [-0.15, -0.1) is 0 Å². The smallest absolute Gasteiger partial charge is 0.239 e. The highest BCUT2D eigenvalue weighted by molar-refractivity contribution is 5.81.